The Morgan fingerprint density at radius 2 is 2.31 bits per heavy atom. The fourth-order valence-electron chi connectivity index (χ4n) is 2.44. The van der Waals surface area contributed by atoms with Gasteiger partial charge in [-0.25, -0.2) is 0 Å². The maximum atomic E-state index is 5.49. The molecule has 2 unspecified atom stereocenters. The van der Waals surface area contributed by atoms with Crippen molar-refractivity contribution in [3.63, 3.8) is 0 Å². The first-order chi connectivity index (χ1) is 6.38. The van der Waals surface area contributed by atoms with Crippen LogP contribution in [-0.4, -0.2) is 50.3 Å². The highest BCUT2D eigenvalue weighted by Crippen LogP contribution is 2.18. The summed E-state index contributed by atoms with van der Waals surface area (Å²) >= 11 is 0. The molecule has 2 fully saturated rings. The quantitative estimate of drug-likeness (QED) is 0.641. The molecular formula is C10H20N2O. The van der Waals surface area contributed by atoms with Crippen molar-refractivity contribution in [1.29, 1.82) is 0 Å². The first-order valence-electron chi connectivity index (χ1n) is 5.39. The van der Waals surface area contributed by atoms with E-state index < -0.39 is 0 Å². The number of nitrogens with zero attached hydrogens (tertiary/aromatic N) is 1. The highest BCUT2D eigenvalue weighted by molar-refractivity contribution is 4.87. The molecule has 0 saturated carbocycles. The molecule has 0 bridgehead atoms. The predicted molar refractivity (Wildman–Crippen MR) is 52.9 cm³/mol. The second-order valence-corrected chi connectivity index (χ2v) is 4.18. The average Bonchev–Trinajstić information content (AvgIpc) is 2.20. The van der Waals surface area contributed by atoms with E-state index in [2.05, 4.69) is 17.3 Å². The third-order valence-electron chi connectivity index (χ3n) is 3.24. The van der Waals surface area contributed by atoms with E-state index in [1.54, 1.807) is 0 Å². The summed E-state index contributed by atoms with van der Waals surface area (Å²) in [7, 11) is 2.24. The van der Waals surface area contributed by atoms with Crippen LogP contribution in [0.4, 0.5) is 0 Å². The van der Waals surface area contributed by atoms with Crippen LogP contribution < -0.4 is 5.32 Å². The van der Waals surface area contributed by atoms with Gasteiger partial charge in [-0.05, 0) is 26.4 Å². The third-order valence-corrected chi connectivity index (χ3v) is 3.24. The number of piperidine rings is 1. The molecule has 2 aliphatic heterocycles. The number of likely N-dealkylation sites (N-methyl/N-ethyl adjacent to an activating group) is 1. The van der Waals surface area contributed by atoms with Crippen LogP contribution in [0.3, 0.4) is 0 Å². The van der Waals surface area contributed by atoms with E-state index in [1.165, 1.54) is 25.8 Å². The molecule has 2 rings (SSSR count). The van der Waals surface area contributed by atoms with Gasteiger partial charge in [0.15, 0.2) is 0 Å². The van der Waals surface area contributed by atoms with Crippen LogP contribution in [0.15, 0.2) is 0 Å². The van der Waals surface area contributed by atoms with Crippen molar-refractivity contribution >= 4 is 0 Å². The zero-order chi connectivity index (χ0) is 9.10. The van der Waals surface area contributed by atoms with Crippen LogP contribution in [0.5, 0.6) is 0 Å². The summed E-state index contributed by atoms with van der Waals surface area (Å²) in [6, 6.07) is 1.27. The molecule has 2 saturated heterocycles. The maximum absolute atomic E-state index is 5.49. The Hall–Kier alpha value is -0.120. The first kappa shape index (κ1) is 9.44. The van der Waals surface area contributed by atoms with Crippen LogP contribution in [0, 0.1) is 0 Å². The zero-order valence-electron chi connectivity index (χ0n) is 8.46. The number of nitrogens with one attached hydrogen (secondary N) is 1. The number of rotatable bonds is 1. The number of ether oxygens (including phenoxy) is 1. The van der Waals surface area contributed by atoms with Crippen molar-refractivity contribution in [3.05, 3.63) is 0 Å². The molecule has 0 radical (unpaired) electrons. The van der Waals surface area contributed by atoms with Crippen molar-refractivity contribution in [2.45, 2.75) is 31.3 Å². The van der Waals surface area contributed by atoms with Gasteiger partial charge in [0.25, 0.3) is 0 Å². The Bertz CT molecular complexity index is 157. The molecule has 0 aliphatic carbocycles. The highest BCUT2D eigenvalue weighted by Gasteiger charge is 2.28. The van der Waals surface area contributed by atoms with Gasteiger partial charge in [-0.1, -0.05) is 6.42 Å². The van der Waals surface area contributed by atoms with Gasteiger partial charge in [-0.15, -0.1) is 0 Å². The summed E-state index contributed by atoms with van der Waals surface area (Å²) in [5.41, 5.74) is 0. The molecule has 2 atom stereocenters. The number of likely N-dealkylation sites (tertiary alicyclic amines) is 1. The molecular weight excluding hydrogens is 164 g/mol. The summed E-state index contributed by atoms with van der Waals surface area (Å²) < 4.78 is 5.49. The smallest absolute Gasteiger partial charge is 0.0635 e. The predicted octanol–water partition coefficient (Wildman–Crippen LogP) is 0.459. The van der Waals surface area contributed by atoms with Gasteiger partial charge in [0, 0.05) is 18.6 Å². The fourth-order valence-corrected chi connectivity index (χ4v) is 2.44. The average molecular weight is 184 g/mol. The Labute approximate surface area is 80.4 Å². The van der Waals surface area contributed by atoms with Gasteiger partial charge in [0.05, 0.1) is 13.2 Å². The Morgan fingerprint density at radius 3 is 3.00 bits per heavy atom. The van der Waals surface area contributed by atoms with E-state index in [1.807, 2.05) is 0 Å². The van der Waals surface area contributed by atoms with Gasteiger partial charge in [0.2, 0.25) is 0 Å². The first-order valence-corrected chi connectivity index (χ1v) is 5.39. The second-order valence-electron chi connectivity index (χ2n) is 4.18. The minimum atomic E-state index is 0.569. The van der Waals surface area contributed by atoms with Crippen LogP contribution >= 0.6 is 0 Å². The molecule has 1 N–H and O–H groups in total. The van der Waals surface area contributed by atoms with Crippen molar-refractivity contribution in [2.24, 2.45) is 0 Å². The monoisotopic (exact) mass is 184 g/mol. The summed E-state index contributed by atoms with van der Waals surface area (Å²) in [5, 5.41) is 3.55. The van der Waals surface area contributed by atoms with E-state index in [9.17, 15) is 0 Å². The molecule has 0 aromatic heterocycles. The molecule has 76 valence electrons. The van der Waals surface area contributed by atoms with Gasteiger partial charge >= 0.3 is 0 Å². The van der Waals surface area contributed by atoms with Crippen molar-refractivity contribution in [3.8, 4) is 0 Å². The molecule has 3 nitrogen and oxygen atoms in total. The normalized spacial score (nSPS) is 37.6. The molecule has 2 aliphatic rings. The van der Waals surface area contributed by atoms with Crippen LogP contribution in [0.1, 0.15) is 19.3 Å². The van der Waals surface area contributed by atoms with E-state index in [-0.39, 0.29) is 0 Å². The Morgan fingerprint density at radius 1 is 1.38 bits per heavy atom. The van der Waals surface area contributed by atoms with E-state index in [0.29, 0.717) is 12.1 Å². The van der Waals surface area contributed by atoms with Crippen LogP contribution in [-0.2, 0) is 4.74 Å². The van der Waals surface area contributed by atoms with Crippen molar-refractivity contribution in [1.82, 2.24) is 10.2 Å². The van der Waals surface area contributed by atoms with Gasteiger partial charge in [0.1, 0.15) is 0 Å². The number of hydrogen-bond donors (Lipinski definition) is 1. The summed E-state index contributed by atoms with van der Waals surface area (Å²) in [5.74, 6) is 0. The Kier molecular flexibility index (Phi) is 3.19. The summed E-state index contributed by atoms with van der Waals surface area (Å²) in [4.78, 5) is 2.48. The Balaban J connectivity index is 1.88. The van der Waals surface area contributed by atoms with Crippen LogP contribution in [0.2, 0.25) is 0 Å². The maximum Gasteiger partial charge on any atom is 0.0635 e. The SMILES string of the molecule is CN1CCCCC1C1COCCN1. The molecule has 2 heterocycles. The second kappa shape index (κ2) is 4.40. The highest BCUT2D eigenvalue weighted by atomic mass is 16.5. The fraction of sp³-hybridized carbons (Fsp3) is 1.00. The minimum absolute atomic E-state index is 0.569. The lowest BCUT2D eigenvalue weighted by molar-refractivity contribution is 0.0306. The molecule has 13 heavy (non-hydrogen) atoms. The topological polar surface area (TPSA) is 24.5 Å². The summed E-state index contributed by atoms with van der Waals surface area (Å²) in [6.45, 7) is 4.06. The van der Waals surface area contributed by atoms with Gasteiger partial charge < -0.3 is 15.0 Å². The standard InChI is InChI=1S/C10H20N2O/c1-12-6-3-2-4-10(12)9-8-13-7-5-11-9/h9-11H,2-8H2,1H3. The molecule has 0 aromatic rings. The molecule has 0 aromatic carbocycles. The van der Waals surface area contributed by atoms with E-state index in [0.717, 1.165) is 19.8 Å². The molecule has 0 spiro atoms. The zero-order valence-corrected chi connectivity index (χ0v) is 8.46. The number of hydrogen-bond acceptors (Lipinski definition) is 3. The lowest BCUT2D eigenvalue weighted by atomic mass is 9.96. The summed E-state index contributed by atoms with van der Waals surface area (Å²) in [6.07, 6.45) is 4.07. The third kappa shape index (κ3) is 2.22. The van der Waals surface area contributed by atoms with Crippen LogP contribution in [0.25, 0.3) is 0 Å². The lowest BCUT2D eigenvalue weighted by Gasteiger charge is -2.39. The number of morpholine rings is 1. The van der Waals surface area contributed by atoms with Gasteiger partial charge in [-0.3, -0.25) is 0 Å². The van der Waals surface area contributed by atoms with Crippen molar-refractivity contribution in [2.75, 3.05) is 33.4 Å². The van der Waals surface area contributed by atoms with E-state index >= 15 is 0 Å². The largest absolute Gasteiger partial charge is 0.378 e. The molecule has 3 heteroatoms. The minimum Gasteiger partial charge on any atom is -0.378 e. The van der Waals surface area contributed by atoms with Crippen molar-refractivity contribution < 1.29 is 4.74 Å². The van der Waals surface area contributed by atoms with E-state index in [4.69, 9.17) is 4.74 Å². The molecule has 0 amide bonds. The van der Waals surface area contributed by atoms with Gasteiger partial charge in [-0.2, -0.15) is 0 Å². The lowest BCUT2D eigenvalue weighted by Crippen LogP contribution is -2.55.